The summed E-state index contributed by atoms with van der Waals surface area (Å²) in [5.74, 6) is -0.685. The lowest BCUT2D eigenvalue weighted by Gasteiger charge is -2.22. The van der Waals surface area contributed by atoms with Crippen molar-refractivity contribution >= 4 is 11.9 Å². The molecule has 1 saturated heterocycles. The van der Waals surface area contributed by atoms with Gasteiger partial charge in [-0.05, 0) is 26.7 Å². The first-order valence-electron chi connectivity index (χ1n) is 6.23. The maximum Gasteiger partial charge on any atom is 0.311 e. The number of aryl methyl sites for hydroxylation is 2. The Morgan fingerprint density at radius 1 is 1.47 bits per heavy atom. The summed E-state index contributed by atoms with van der Waals surface area (Å²) in [5.41, 5.74) is 0.0928. The molecule has 1 aliphatic heterocycles. The molecule has 0 saturated carbocycles. The smallest absolute Gasteiger partial charge is 0.311 e. The second kappa shape index (κ2) is 4.36. The van der Waals surface area contributed by atoms with E-state index in [1.54, 1.807) is 25.7 Å². The van der Waals surface area contributed by atoms with Gasteiger partial charge in [0, 0.05) is 13.1 Å². The number of carboxylic acids is 1. The Morgan fingerprint density at radius 3 is 2.53 bits per heavy atom. The van der Waals surface area contributed by atoms with Gasteiger partial charge in [0.15, 0.2) is 0 Å². The molecular weight excluding hydrogens is 248 g/mol. The van der Waals surface area contributed by atoms with Crippen LogP contribution in [0, 0.1) is 25.2 Å². The zero-order valence-corrected chi connectivity index (χ0v) is 11.6. The topological polar surface area (TPSA) is 83.6 Å². The quantitative estimate of drug-likeness (QED) is 0.876. The number of amides is 1. The third-order valence-corrected chi connectivity index (χ3v) is 4.12. The number of carboxylic acid groups (broad SMARTS) is 1. The average molecular weight is 266 g/mol. The van der Waals surface area contributed by atoms with Crippen molar-refractivity contribution in [3.8, 4) is 0 Å². The molecule has 0 radical (unpaired) electrons. The van der Waals surface area contributed by atoms with Crippen LogP contribution in [0.25, 0.3) is 0 Å². The molecule has 6 heteroatoms. The van der Waals surface area contributed by atoms with Crippen molar-refractivity contribution in [3.05, 3.63) is 17.0 Å². The fraction of sp³-hybridized carbons (Fsp3) is 0.615. The van der Waals surface area contributed by atoms with E-state index in [4.69, 9.17) is 4.52 Å². The van der Waals surface area contributed by atoms with Gasteiger partial charge < -0.3 is 14.5 Å². The fourth-order valence-electron chi connectivity index (χ4n) is 2.53. The Labute approximate surface area is 111 Å². The summed E-state index contributed by atoms with van der Waals surface area (Å²) in [4.78, 5) is 25.4. The average Bonchev–Trinajstić information content (AvgIpc) is 2.81. The van der Waals surface area contributed by atoms with E-state index >= 15 is 0 Å². The van der Waals surface area contributed by atoms with Crippen LogP contribution < -0.4 is 0 Å². The van der Waals surface area contributed by atoms with Crippen LogP contribution in [0.3, 0.4) is 0 Å². The second-order valence-electron chi connectivity index (χ2n) is 5.51. The minimum Gasteiger partial charge on any atom is -0.481 e. The number of hydrogen-bond donors (Lipinski definition) is 1. The third kappa shape index (κ3) is 2.01. The van der Waals surface area contributed by atoms with Crippen LogP contribution in [0.2, 0.25) is 0 Å². The third-order valence-electron chi connectivity index (χ3n) is 4.12. The van der Waals surface area contributed by atoms with Crippen LogP contribution in [0.15, 0.2) is 4.52 Å². The van der Waals surface area contributed by atoms with Crippen molar-refractivity contribution < 1.29 is 19.2 Å². The highest BCUT2D eigenvalue weighted by Gasteiger charge is 2.48. The van der Waals surface area contributed by atoms with Crippen molar-refractivity contribution in [2.75, 3.05) is 13.1 Å². The van der Waals surface area contributed by atoms with E-state index in [-0.39, 0.29) is 18.4 Å². The lowest BCUT2D eigenvalue weighted by molar-refractivity contribution is -0.148. The summed E-state index contributed by atoms with van der Waals surface area (Å²) in [6.07, 6.45) is 0. The summed E-state index contributed by atoms with van der Waals surface area (Å²) in [7, 11) is 0. The standard InChI is InChI=1S/C13H18N2O4/c1-7-5-15(6-13(7,4)12(17)18)11(16)10-8(2)14-19-9(10)3/h7H,5-6H2,1-4H3,(H,17,18)/t7-,13-/m1/s1. The number of aromatic nitrogens is 1. The van der Waals surface area contributed by atoms with Crippen molar-refractivity contribution in [1.29, 1.82) is 0 Å². The Kier molecular flexibility index (Phi) is 3.12. The second-order valence-corrected chi connectivity index (χ2v) is 5.51. The Morgan fingerprint density at radius 2 is 2.11 bits per heavy atom. The van der Waals surface area contributed by atoms with Gasteiger partial charge in [-0.15, -0.1) is 0 Å². The van der Waals surface area contributed by atoms with Gasteiger partial charge in [-0.1, -0.05) is 12.1 Å². The van der Waals surface area contributed by atoms with E-state index in [1.165, 1.54) is 0 Å². The summed E-state index contributed by atoms with van der Waals surface area (Å²) in [6, 6.07) is 0. The molecule has 6 nitrogen and oxygen atoms in total. The molecule has 1 aromatic heterocycles. The summed E-state index contributed by atoms with van der Waals surface area (Å²) < 4.78 is 4.99. The van der Waals surface area contributed by atoms with Crippen molar-refractivity contribution in [2.45, 2.75) is 27.7 Å². The zero-order chi connectivity index (χ0) is 14.4. The van der Waals surface area contributed by atoms with Crippen molar-refractivity contribution in [3.63, 3.8) is 0 Å². The van der Waals surface area contributed by atoms with E-state index in [0.29, 0.717) is 23.6 Å². The summed E-state index contributed by atoms with van der Waals surface area (Å²) in [6.45, 7) is 7.58. The van der Waals surface area contributed by atoms with Gasteiger partial charge in [0.2, 0.25) is 0 Å². The normalized spacial score (nSPS) is 26.7. The molecule has 1 N–H and O–H groups in total. The fourth-order valence-corrected chi connectivity index (χ4v) is 2.53. The first-order chi connectivity index (χ1) is 8.77. The molecule has 0 aliphatic carbocycles. The molecular formula is C13H18N2O4. The van der Waals surface area contributed by atoms with Crippen molar-refractivity contribution in [2.24, 2.45) is 11.3 Å². The number of hydrogen-bond acceptors (Lipinski definition) is 4. The van der Waals surface area contributed by atoms with Gasteiger partial charge in [0.25, 0.3) is 5.91 Å². The number of aliphatic carboxylic acids is 1. The SMILES string of the molecule is Cc1noc(C)c1C(=O)N1C[C@@H](C)[C@](C)(C(=O)O)C1. The highest BCUT2D eigenvalue weighted by Crippen LogP contribution is 2.36. The molecule has 2 atom stereocenters. The molecule has 2 rings (SSSR count). The highest BCUT2D eigenvalue weighted by molar-refractivity contribution is 5.96. The maximum atomic E-state index is 12.4. The summed E-state index contributed by atoms with van der Waals surface area (Å²) >= 11 is 0. The lowest BCUT2D eigenvalue weighted by Crippen LogP contribution is -2.36. The highest BCUT2D eigenvalue weighted by atomic mass is 16.5. The van der Waals surface area contributed by atoms with Gasteiger partial charge in [-0.2, -0.15) is 0 Å². The molecule has 104 valence electrons. The molecule has 0 aromatic carbocycles. The Balaban J connectivity index is 2.27. The van der Waals surface area contributed by atoms with Gasteiger partial charge in [0.1, 0.15) is 11.3 Å². The Hall–Kier alpha value is -1.85. The van der Waals surface area contributed by atoms with Crippen LogP contribution in [0.4, 0.5) is 0 Å². The minimum atomic E-state index is -0.894. The number of carbonyl (C=O) groups is 2. The molecule has 1 aliphatic rings. The minimum absolute atomic E-state index is 0.0885. The number of nitrogens with zero attached hydrogens (tertiary/aromatic N) is 2. The van der Waals surface area contributed by atoms with Crippen LogP contribution in [0.1, 0.15) is 35.7 Å². The maximum absolute atomic E-state index is 12.4. The molecule has 19 heavy (non-hydrogen) atoms. The van der Waals surface area contributed by atoms with Crippen LogP contribution in [-0.2, 0) is 4.79 Å². The number of likely N-dealkylation sites (tertiary alicyclic amines) is 1. The predicted molar refractivity (Wildman–Crippen MR) is 66.8 cm³/mol. The van der Waals surface area contributed by atoms with Crippen LogP contribution in [0.5, 0.6) is 0 Å². The van der Waals surface area contributed by atoms with Crippen LogP contribution >= 0.6 is 0 Å². The van der Waals surface area contributed by atoms with Gasteiger partial charge in [-0.3, -0.25) is 9.59 Å². The lowest BCUT2D eigenvalue weighted by atomic mass is 9.81. The van der Waals surface area contributed by atoms with Gasteiger partial charge >= 0.3 is 5.97 Å². The van der Waals surface area contributed by atoms with E-state index in [0.717, 1.165) is 0 Å². The first kappa shape index (κ1) is 13.6. The van der Waals surface area contributed by atoms with E-state index in [2.05, 4.69) is 5.16 Å². The van der Waals surface area contributed by atoms with Gasteiger partial charge in [-0.25, -0.2) is 0 Å². The predicted octanol–water partition coefficient (Wildman–Crippen LogP) is 1.47. The molecule has 1 amide bonds. The molecule has 0 bridgehead atoms. The largest absolute Gasteiger partial charge is 0.481 e. The molecule has 2 heterocycles. The number of rotatable bonds is 2. The van der Waals surface area contributed by atoms with E-state index < -0.39 is 11.4 Å². The molecule has 0 spiro atoms. The molecule has 1 aromatic rings. The van der Waals surface area contributed by atoms with Gasteiger partial charge in [0.05, 0.1) is 11.1 Å². The Bertz CT molecular complexity index is 517. The molecule has 0 unspecified atom stereocenters. The van der Waals surface area contributed by atoms with Crippen LogP contribution in [-0.4, -0.2) is 40.1 Å². The number of carbonyl (C=O) groups excluding carboxylic acids is 1. The molecule has 1 fully saturated rings. The first-order valence-corrected chi connectivity index (χ1v) is 6.23. The summed E-state index contributed by atoms with van der Waals surface area (Å²) in [5, 5.41) is 13.1. The van der Waals surface area contributed by atoms with E-state index in [9.17, 15) is 14.7 Å². The zero-order valence-electron chi connectivity index (χ0n) is 11.6. The van der Waals surface area contributed by atoms with Crippen molar-refractivity contribution in [1.82, 2.24) is 10.1 Å². The van der Waals surface area contributed by atoms with E-state index in [1.807, 2.05) is 6.92 Å². The monoisotopic (exact) mass is 266 g/mol.